The number of nitrogens with two attached hydrogens (primary N) is 1. The SMILES string of the molecule is Cn1nc2c(cc1=O)CCC(C)(CN)CC2. The maximum absolute atomic E-state index is 11.5. The Hall–Kier alpha value is -1.16. The Morgan fingerprint density at radius 1 is 1.50 bits per heavy atom. The van der Waals surface area contributed by atoms with Crippen LogP contribution >= 0.6 is 0 Å². The van der Waals surface area contributed by atoms with Crippen molar-refractivity contribution in [1.82, 2.24) is 9.78 Å². The van der Waals surface area contributed by atoms with Gasteiger partial charge in [0.15, 0.2) is 0 Å². The van der Waals surface area contributed by atoms with E-state index < -0.39 is 0 Å². The summed E-state index contributed by atoms with van der Waals surface area (Å²) >= 11 is 0. The molecule has 1 aromatic heterocycles. The highest BCUT2D eigenvalue weighted by atomic mass is 16.1. The van der Waals surface area contributed by atoms with Gasteiger partial charge in [-0.2, -0.15) is 5.10 Å². The van der Waals surface area contributed by atoms with Crippen molar-refractivity contribution in [2.24, 2.45) is 18.2 Å². The molecule has 0 aromatic carbocycles. The summed E-state index contributed by atoms with van der Waals surface area (Å²) in [4.78, 5) is 11.5. The fraction of sp³-hybridized carbons (Fsp3) is 0.667. The second-order valence-corrected chi connectivity index (χ2v) is 5.09. The second kappa shape index (κ2) is 4.01. The molecule has 1 aliphatic rings. The Balaban J connectivity index is 2.35. The molecule has 1 aromatic rings. The lowest BCUT2D eigenvalue weighted by atomic mass is 9.82. The summed E-state index contributed by atoms with van der Waals surface area (Å²) in [5, 5.41) is 4.34. The largest absolute Gasteiger partial charge is 0.330 e. The molecule has 1 aliphatic carbocycles. The molecule has 0 saturated heterocycles. The summed E-state index contributed by atoms with van der Waals surface area (Å²) in [6.45, 7) is 2.92. The molecule has 4 heteroatoms. The zero-order valence-electron chi connectivity index (χ0n) is 9.99. The minimum Gasteiger partial charge on any atom is -0.330 e. The van der Waals surface area contributed by atoms with Gasteiger partial charge in [0.05, 0.1) is 5.69 Å². The van der Waals surface area contributed by atoms with E-state index in [4.69, 9.17) is 5.73 Å². The molecule has 0 spiro atoms. The minimum absolute atomic E-state index is 0.0184. The highest BCUT2D eigenvalue weighted by molar-refractivity contribution is 5.20. The Labute approximate surface area is 95.5 Å². The molecule has 0 radical (unpaired) electrons. The van der Waals surface area contributed by atoms with Crippen molar-refractivity contribution in [1.29, 1.82) is 0 Å². The fourth-order valence-electron chi connectivity index (χ4n) is 2.23. The standard InChI is InChI=1S/C12H19N3O/c1-12(8-13)5-3-9-7-11(16)15(2)14-10(9)4-6-12/h7H,3-6,8,13H2,1-2H3. The average molecular weight is 221 g/mol. The van der Waals surface area contributed by atoms with Crippen molar-refractivity contribution in [3.8, 4) is 0 Å². The monoisotopic (exact) mass is 221 g/mol. The van der Waals surface area contributed by atoms with Gasteiger partial charge < -0.3 is 5.73 Å². The van der Waals surface area contributed by atoms with E-state index in [2.05, 4.69) is 12.0 Å². The van der Waals surface area contributed by atoms with Crippen LogP contribution in [0.5, 0.6) is 0 Å². The molecule has 2 N–H and O–H groups in total. The van der Waals surface area contributed by atoms with Gasteiger partial charge in [0.1, 0.15) is 0 Å². The van der Waals surface area contributed by atoms with Crippen molar-refractivity contribution < 1.29 is 0 Å². The number of aromatic nitrogens is 2. The minimum atomic E-state index is -0.0184. The van der Waals surface area contributed by atoms with Gasteiger partial charge in [0.2, 0.25) is 0 Å². The lowest BCUT2D eigenvalue weighted by Crippen LogP contribution is -2.27. The maximum Gasteiger partial charge on any atom is 0.266 e. The van der Waals surface area contributed by atoms with Crippen molar-refractivity contribution in [3.05, 3.63) is 27.7 Å². The van der Waals surface area contributed by atoms with Crippen LogP contribution in [0.2, 0.25) is 0 Å². The highest BCUT2D eigenvalue weighted by Gasteiger charge is 2.26. The fourth-order valence-corrected chi connectivity index (χ4v) is 2.23. The molecule has 1 atom stereocenters. The van der Waals surface area contributed by atoms with E-state index in [1.54, 1.807) is 13.1 Å². The predicted molar refractivity (Wildman–Crippen MR) is 63.3 cm³/mol. The number of hydrogen-bond acceptors (Lipinski definition) is 3. The first-order chi connectivity index (χ1) is 7.54. The van der Waals surface area contributed by atoms with Gasteiger partial charge in [0, 0.05) is 13.1 Å². The first kappa shape index (κ1) is 11.3. The van der Waals surface area contributed by atoms with Gasteiger partial charge in [-0.25, -0.2) is 4.68 Å². The van der Waals surface area contributed by atoms with Gasteiger partial charge >= 0.3 is 0 Å². The molecule has 88 valence electrons. The third kappa shape index (κ3) is 2.02. The maximum atomic E-state index is 11.5. The van der Waals surface area contributed by atoms with Crippen LogP contribution in [-0.2, 0) is 19.9 Å². The lowest BCUT2D eigenvalue weighted by Gasteiger charge is -2.25. The zero-order valence-corrected chi connectivity index (χ0v) is 9.99. The summed E-state index contributed by atoms with van der Waals surface area (Å²) in [5.41, 5.74) is 8.17. The third-order valence-corrected chi connectivity index (χ3v) is 3.71. The molecular formula is C12H19N3O. The van der Waals surface area contributed by atoms with Crippen molar-refractivity contribution in [3.63, 3.8) is 0 Å². The van der Waals surface area contributed by atoms with E-state index in [9.17, 15) is 4.79 Å². The van der Waals surface area contributed by atoms with Crippen molar-refractivity contribution in [2.45, 2.75) is 32.6 Å². The Bertz CT molecular complexity index is 452. The topological polar surface area (TPSA) is 60.9 Å². The van der Waals surface area contributed by atoms with Crippen LogP contribution in [0.25, 0.3) is 0 Å². The number of rotatable bonds is 1. The van der Waals surface area contributed by atoms with Crippen molar-refractivity contribution in [2.75, 3.05) is 6.54 Å². The third-order valence-electron chi connectivity index (χ3n) is 3.71. The summed E-state index contributed by atoms with van der Waals surface area (Å²) in [6.07, 6.45) is 3.95. The van der Waals surface area contributed by atoms with Crippen LogP contribution < -0.4 is 11.3 Å². The molecular weight excluding hydrogens is 202 g/mol. The van der Waals surface area contributed by atoms with Crippen LogP contribution in [0.1, 0.15) is 31.0 Å². The number of hydrogen-bond donors (Lipinski definition) is 1. The van der Waals surface area contributed by atoms with E-state index in [1.165, 1.54) is 4.68 Å². The van der Waals surface area contributed by atoms with Crippen LogP contribution in [-0.4, -0.2) is 16.3 Å². The van der Waals surface area contributed by atoms with Crippen LogP contribution in [0, 0.1) is 5.41 Å². The Kier molecular flexibility index (Phi) is 2.84. The van der Waals surface area contributed by atoms with Gasteiger partial charge in [0.25, 0.3) is 5.56 Å². The first-order valence-electron chi connectivity index (χ1n) is 5.80. The number of nitrogens with zero attached hydrogens (tertiary/aromatic N) is 2. The van der Waals surface area contributed by atoms with Gasteiger partial charge in [-0.15, -0.1) is 0 Å². The second-order valence-electron chi connectivity index (χ2n) is 5.09. The van der Waals surface area contributed by atoms with Crippen molar-refractivity contribution >= 4 is 0 Å². The molecule has 1 unspecified atom stereocenters. The molecule has 2 rings (SSSR count). The summed E-state index contributed by atoms with van der Waals surface area (Å²) in [7, 11) is 1.70. The smallest absolute Gasteiger partial charge is 0.266 e. The average Bonchev–Trinajstić information content (AvgIpc) is 2.42. The quantitative estimate of drug-likeness (QED) is 0.707. The van der Waals surface area contributed by atoms with E-state index in [-0.39, 0.29) is 11.0 Å². The molecule has 4 nitrogen and oxygen atoms in total. The van der Waals surface area contributed by atoms with Crippen LogP contribution in [0.4, 0.5) is 0 Å². The number of aryl methyl sites for hydroxylation is 3. The Morgan fingerprint density at radius 2 is 2.19 bits per heavy atom. The summed E-state index contributed by atoms with van der Waals surface area (Å²) < 4.78 is 1.42. The molecule has 0 bridgehead atoms. The number of fused-ring (bicyclic) bond motifs is 1. The molecule has 0 aliphatic heterocycles. The first-order valence-corrected chi connectivity index (χ1v) is 5.80. The molecule has 0 fully saturated rings. The van der Waals surface area contributed by atoms with Crippen LogP contribution in [0.15, 0.2) is 10.9 Å². The molecule has 0 amide bonds. The summed E-state index contributed by atoms with van der Waals surface area (Å²) in [6, 6.07) is 1.73. The van der Waals surface area contributed by atoms with Gasteiger partial charge in [-0.1, -0.05) is 6.92 Å². The van der Waals surface area contributed by atoms with Crippen LogP contribution in [0.3, 0.4) is 0 Å². The van der Waals surface area contributed by atoms with E-state index in [0.717, 1.165) is 36.9 Å². The normalized spacial score (nSPS) is 24.9. The summed E-state index contributed by atoms with van der Waals surface area (Å²) in [5.74, 6) is 0. The van der Waals surface area contributed by atoms with Gasteiger partial charge in [-0.3, -0.25) is 4.79 Å². The van der Waals surface area contributed by atoms with E-state index in [0.29, 0.717) is 6.54 Å². The predicted octanol–water partition coefficient (Wildman–Crippen LogP) is 0.624. The van der Waals surface area contributed by atoms with E-state index in [1.807, 2.05) is 0 Å². The van der Waals surface area contributed by atoms with E-state index >= 15 is 0 Å². The molecule has 16 heavy (non-hydrogen) atoms. The van der Waals surface area contributed by atoms with Gasteiger partial charge in [-0.05, 0) is 43.2 Å². The molecule has 0 saturated carbocycles. The lowest BCUT2D eigenvalue weighted by molar-refractivity contribution is 0.291. The molecule has 1 heterocycles. The Morgan fingerprint density at radius 3 is 2.88 bits per heavy atom. The zero-order chi connectivity index (χ0) is 11.8. The highest BCUT2D eigenvalue weighted by Crippen LogP contribution is 2.31.